The number of aromatic amines is 1. The first-order valence-electron chi connectivity index (χ1n) is 9.04. The number of hydrogen-bond acceptors (Lipinski definition) is 4. The molecule has 0 atom stereocenters. The van der Waals surface area contributed by atoms with Crippen molar-refractivity contribution in [2.45, 2.75) is 26.9 Å². The Hall–Kier alpha value is -2.93. The smallest absolute Gasteiger partial charge is 0.258 e. The first-order chi connectivity index (χ1) is 13.1. The van der Waals surface area contributed by atoms with Gasteiger partial charge in [-0.05, 0) is 13.8 Å². The molecule has 3 aromatic rings. The van der Waals surface area contributed by atoms with E-state index in [-0.39, 0.29) is 5.91 Å². The molecule has 2 aromatic heterocycles. The highest BCUT2D eigenvalue weighted by atomic mass is 16.5. The third-order valence-corrected chi connectivity index (χ3v) is 4.44. The van der Waals surface area contributed by atoms with Gasteiger partial charge < -0.3 is 9.64 Å². The maximum absolute atomic E-state index is 13.4. The first-order valence-corrected chi connectivity index (χ1v) is 9.04. The number of H-pyrrole nitrogens is 1. The van der Waals surface area contributed by atoms with Crippen LogP contribution in [0.25, 0.3) is 11.3 Å². The summed E-state index contributed by atoms with van der Waals surface area (Å²) in [5.74, 6) is -0.0681. The van der Waals surface area contributed by atoms with E-state index >= 15 is 0 Å². The molecular formula is C20H25N5O2. The summed E-state index contributed by atoms with van der Waals surface area (Å²) in [6.45, 7) is 6.13. The van der Waals surface area contributed by atoms with Crippen molar-refractivity contribution in [3.8, 4) is 11.3 Å². The Kier molecular flexibility index (Phi) is 6.03. The van der Waals surface area contributed by atoms with Crippen LogP contribution in [0, 0.1) is 6.92 Å². The van der Waals surface area contributed by atoms with Gasteiger partial charge in [0.2, 0.25) is 0 Å². The van der Waals surface area contributed by atoms with Crippen LogP contribution in [0.2, 0.25) is 0 Å². The van der Waals surface area contributed by atoms with E-state index in [1.165, 1.54) is 0 Å². The number of aromatic nitrogens is 4. The van der Waals surface area contributed by atoms with Gasteiger partial charge in [0.1, 0.15) is 5.69 Å². The zero-order valence-electron chi connectivity index (χ0n) is 16.0. The first kappa shape index (κ1) is 18.8. The summed E-state index contributed by atoms with van der Waals surface area (Å²) in [6.07, 6.45) is 3.77. The molecule has 0 fully saturated rings. The molecule has 0 unspecified atom stereocenters. The van der Waals surface area contributed by atoms with Gasteiger partial charge in [0, 0.05) is 49.8 Å². The Morgan fingerprint density at radius 1 is 1.30 bits per heavy atom. The van der Waals surface area contributed by atoms with Crippen molar-refractivity contribution in [3.63, 3.8) is 0 Å². The van der Waals surface area contributed by atoms with Gasteiger partial charge in [0.25, 0.3) is 5.91 Å². The highest BCUT2D eigenvalue weighted by Gasteiger charge is 2.24. The Morgan fingerprint density at radius 3 is 2.74 bits per heavy atom. The standard InChI is InChI=1S/C20H25N5O2/c1-4-25-14-16(12-21-25)13-24(10-11-27-3)20(26)18-15(2)22-23-19(18)17-8-6-5-7-9-17/h5-9,12,14H,4,10-11,13H2,1-3H3,(H,22,23). The molecule has 7 nitrogen and oxygen atoms in total. The van der Waals surface area contributed by atoms with Crippen LogP contribution in [0.5, 0.6) is 0 Å². The number of rotatable bonds is 8. The van der Waals surface area contributed by atoms with E-state index in [2.05, 4.69) is 15.3 Å². The van der Waals surface area contributed by atoms with Crippen LogP contribution >= 0.6 is 0 Å². The van der Waals surface area contributed by atoms with E-state index in [1.807, 2.05) is 55.1 Å². The molecule has 0 aliphatic carbocycles. The average Bonchev–Trinajstić information content (AvgIpc) is 3.31. The molecule has 2 heterocycles. The van der Waals surface area contributed by atoms with Gasteiger partial charge in [-0.1, -0.05) is 30.3 Å². The molecule has 27 heavy (non-hydrogen) atoms. The number of amides is 1. The molecule has 142 valence electrons. The van der Waals surface area contributed by atoms with E-state index in [9.17, 15) is 4.79 Å². The van der Waals surface area contributed by atoms with Gasteiger partial charge in [0.15, 0.2) is 0 Å². The highest BCUT2D eigenvalue weighted by molar-refractivity contribution is 6.01. The summed E-state index contributed by atoms with van der Waals surface area (Å²) in [6, 6.07) is 9.74. The summed E-state index contributed by atoms with van der Waals surface area (Å²) in [7, 11) is 1.64. The van der Waals surface area contributed by atoms with Crippen LogP contribution < -0.4 is 0 Å². The summed E-state index contributed by atoms with van der Waals surface area (Å²) in [4.78, 5) is 15.2. The second-order valence-corrected chi connectivity index (χ2v) is 6.36. The van der Waals surface area contributed by atoms with Gasteiger partial charge in [-0.15, -0.1) is 0 Å². The monoisotopic (exact) mass is 367 g/mol. The van der Waals surface area contributed by atoms with Crippen molar-refractivity contribution < 1.29 is 9.53 Å². The molecule has 1 N–H and O–H groups in total. The molecule has 0 bridgehead atoms. The average molecular weight is 367 g/mol. The Morgan fingerprint density at radius 2 is 2.07 bits per heavy atom. The van der Waals surface area contributed by atoms with Gasteiger partial charge in [0.05, 0.1) is 18.4 Å². The predicted molar refractivity (Wildman–Crippen MR) is 103 cm³/mol. The van der Waals surface area contributed by atoms with Gasteiger partial charge >= 0.3 is 0 Å². The number of aryl methyl sites for hydroxylation is 2. The van der Waals surface area contributed by atoms with Crippen molar-refractivity contribution >= 4 is 5.91 Å². The van der Waals surface area contributed by atoms with Crippen molar-refractivity contribution in [1.82, 2.24) is 24.9 Å². The number of benzene rings is 1. The number of ether oxygens (including phenoxy) is 1. The van der Waals surface area contributed by atoms with Crippen LogP contribution in [0.4, 0.5) is 0 Å². The molecule has 0 saturated carbocycles. The van der Waals surface area contributed by atoms with Gasteiger partial charge in [-0.2, -0.15) is 10.2 Å². The molecule has 0 spiro atoms. The van der Waals surface area contributed by atoms with Crippen LogP contribution in [-0.2, 0) is 17.8 Å². The zero-order valence-corrected chi connectivity index (χ0v) is 16.0. The summed E-state index contributed by atoms with van der Waals surface area (Å²) in [5, 5.41) is 11.6. The van der Waals surface area contributed by atoms with E-state index in [1.54, 1.807) is 18.2 Å². The molecule has 0 radical (unpaired) electrons. The lowest BCUT2D eigenvalue weighted by Crippen LogP contribution is -2.34. The Balaban J connectivity index is 1.91. The number of methoxy groups -OCH3 is 1. The fourth-order valence-electron chi connectivity index (χ4n) is 2.99. The minimum Gasteiger partial charge on any atom is -0.383 e. The van der Waals surface area contributed by atoms with Crippen LogP contribution in [0.3, 0.4) is 0 Å². The number of hydrogen-bond donors (Lipinski definition) is 1. The van der Waals surface area contributed by atoms with Crippen molar-refractivity contribution in [2.75, 3.05) is 20.3 Å². The van der Waals surface area contributed by atoms with Crippen LogP contribution in [0.15, 0.2) is 42.7 Å². The fraction of sp³-hybridized carbons (Fsp3) is 0.350. The second-order valence-electron chi connectivity index (χ2n) is 6.36. The number of nitrogens with zero attached hydrogens (tertiary/aromatic N) is 4. The quantitative estimate of drug-likeness (QED) is 0.664. The van der Waals surface area contributed by atoms with E-state index in [0.29, 0.717) is 31.0 Å². The molecular weight excluding hydrogens is 342 g/mol. The molecule has 3 rings (SSSR count). The van der Waals surface area contributed by atoms with E-state index < -0.39 is 0 Å². The van der Waals surface area contributed by atoms with Gasteiger partial charge in [-0.3, -0.25) is 14.6 Å². The van der Waals surface area contributed by atoms with Crippen molar-refractivity contribution in [3.05, 3.63) is 59.5 Å². The summed E-state index contributed by atoms with van der Waals surface area (Å²) >= 11 is 0. The normalized spacial score (nSPS) is 10.9. The topological polar surface area (TPSA) is 76.0 Å². The number of nitrogens with one attached hydrogen (secondary N) is 1. The van der Waals surface area contributed by atoms with Gasteiger partial charge in [-0.25, -0.2) is 0 Å². The van der Waals surface area contributed by atoms with E-state index in [4.69, 9.17) is 4.74 Å². The lowest BCUT2D eigenvalue weighted by Gasteiger charge is -2.22. The molecule has 0 saturated heterocycles. The van der Waals surface area contributed by atoms with Crippen LogP contribution in [0.1, 0.15) is 28.5 Å². The highest BCUT2D eigenvalue weighted by Crippen LogP contribution is 2.25. The lowest BCUT2D eigenvalue weighted by atomic mass is 10.0. The van der Waals surface area contributed by atoms with Crippen LogP contribution in [-0.4, -0.2) is 51.0 Å². The molecule has 7 heteroatoms. The molecule has 1 aromatic carbocycles. The fourth-order valence-corrected chi connectivity index (χ4v) is 2.99. The zero-order chi connectivity index (χ0) is 19.2. The Labute approximate surface area is 159 Å². The number of carbonyl (C=O) groups excluding carboxylic acids is 1. The SMILES string of the molecule is CCn1cc(CN(CCOC)C(=O)c2c(-c3ccccc3)n[nH]c2C)cn1. The summed E-state index contributed by atoms with van der Waals surface area (Å²) in [5.41, 5.74) is 3.93. The molecule has 1 amide bonds. The minimum atomic E-state index is -0.0681. The molecule has 0 aliphatic heterocycles. The third kappa shape index (κ3) is 4.25. The molecule has 0 aliphatic rings. The van der Waals surface area contributed by atoms with E-state index in [0.717, 1.165) is 23.4 Å². The maximum Gasteiger partial charge on any atom is 0.258 e. The third-order valence-electron chi connectivity index (χ3n) is 4.44. The Bertz CT molecular complexity index is 885. The lowest BCUT2D eigenvalue weighted by molar-refractivity contribution is 0.0680. The maximum atomic E-state index is 13.4. The second kappa shape index (κ2) is 8.64. The number of carbonyl (C=O) groups is 1. The van der Waals surface area contributed by atoms with Crippen molar-refractivity contribution in [1.29, 1.82) is 0 Å². The summed E-state index contributed by atoms with van der Waals surface area (Å²) < 4.78 is 7.06. The largest absolute Gasteiger partial charge is 0.383 e. The van der Waals surface area contributed by atoms with Crippen molar-refractivity contribution in [2.24, 2.45) is 0 Å². The minimum absolute atomic E-state index is 0.0681. The predicted octanol–water partition coefficient (Wildman–Crippen LogP) is 2.89.